The molecule has 0 unspecified atom stereocenters. The van der Waals surface area contributed by atoms with Gasteiger partial charge in [-0.3, -0.25) is 4.89 Å². The van der Waals surface area contributed by atoms with Crippen molar-refractivity contribution < 1.29 is 14.9 Å². The van der Waals surface area contributed by atoms with Crippen LogP contribution in [0.2, 0.25) is 0 Å². The lowest BCUT2D eigenvalue weighted by molar-refractivity contribution is -0.277. The third-order valence-corrected chi connectivity index (χ3v) is 1.28. The highest BCUT2D eigenvalue weighted by atomic mass is 17.1. The van der Waals surface area contributed by atoms with Crippen LogP contribution in [0.5, 0.6) is 0 Å². The SMILES string of the molecule is [O]OC(=O)Cc1ccccc1. The van der Waals surface area contributed by atoms with Gasteiger partial charge in [-0.25, -0.2) is 4.79 Å². The second-order valence-corrected chi connectivity index (χ2v) is 2.12. The summed E-state index contributed by atoms with van der Waals surface area (Å²) in [4.78, 5) is 13.7. The lowest BCUT2D eigenvalue weighted by Gasteiger charge is -1.94. The normalized spacial score (nSPS) is 9.18. The maximum atomic E-state index is 10.4. The maximum Gasteiger partial charge on any atom is 0.350 e. The van der Waals surface area contributed by atoms with Crippen LogP contribution in [0.3, 0.4) is 0 Å². The van der Waals surface area contributed by atoms with Crippen molar-refractivity contribution in [1.82, 2.24) is 0 Å². The summed E-state index contributed by atoms with van der Waals surface area (Å²) < 4.78 is 0. The minimum atomic E-state index is -0.754. The van der Waals surface area contributed by atoms with Gasteiger partial charge in [-0.1, -0.05) is 30.3 Å². The Morgan fingerprint density at radius 1 is 1.27 bits per heavy atom. The van der Waals surface area contributed by atoms with Gasteiger partial charge in [0.05, 0.1) is 6.42 Å². The number of hydrogen-bond donors (Lipinski definition) is 0. The van der Waals surface area contributed by atoms with Gasteiger partial charge < -0.3 is 0 Å². The predicted molar refractivity (Wildman–Crippen MR) is 36.9 cm³/mol. The van der Waals surface area contributed by atoms with E-state index < -0.39 is 5.97 Å². The molecule has 0 aromatic heterocycles. The highest BCUT2D eigenvalue weighted by molar-refractivity contribution is 5.71. The lowest BCUT2D eigenvalue weighted by Crippen LogP contribution is -2.03. The molecular formula is C8H7O3. The molecule has 0 fully saturated rings. The summed E-state index contributed by atoms with van der Waals surface area (Å²) in [5.41, 5.74) is 0.786. The summed E-state index contributed by atoms with van der Waals surface area (Å²) in [6.45, 7) is 0. The second kappa shape index (κ2) is 3.73. The zero-order valence-electron chi connectivity index (χ0n) is 5.82. The van der Waals surface area contributed by atoms with Crippen molar-refractivity contribution in [1.29, 1.82) is 0 Å². The van der Waals surface area contributed by atoms with Crippen molar-refractivity contribution in [2.24, 2.45) is 0 Å². The Bertz CT molecular complexity index is 230. The fourth-order valence-corrected chi connectivity index (χ4v) is 0.792. The van der Waals surface area contributed by atoms with Gasteiger partial charge in [-0.05, 0) is 5.56 Å². The lowest BCUT2D eigenvalue weighted by atomic mass is 10.2. The third kappa shape index (κ3) is 2.39. The Morgan fingerprint density at radius 2 is 1.91 bits per heavy atom. The summed E-state index contributed by atoms with van der Waals surface area (Å²) in [6, 6.07) is 8.96. The summed E-state index contributed by atoms with van der Waals surface area (Å²) in [5.74, 6) is -0.754. The molecule has 57 valence electrons. The topological polar surface area (TPSA) is 46.2 Å². The third-order valence-electron chi connectivity index (χ3n) is 1.28. The number of benzene rings is 1. The Labute approximate surface area is 64.2 Å². The number of hydrogen-bond acceptors (Lipinski definition) is 2. The van der Waals surface area contributed by atoms with Crippen LogP contribution in [0.15, 0.2) is 30.3 Å². The molecule has 0 aliphatic heterocycles. The monoisotopic (exact) mass is 151 g/mol. The summed E-state index contributed by atoms with van der Waals surface area (Å²) in [7, 11) is 0. The van der Waals surface area contributed by atoms with E-state index in [1.54, 1.807) is 24.3 Å². The van der Waals surface area contributed by atoms with Crippen molar-refractivity contribution in [3.05, 3.63) is 35.9 Å². The Kier molecular flexibility index (Phi) is 2.63. The summed E-state index contributed by atoms with van der Waals surface area (Å²) in [6.07, 6.45) is 0.0460. The van der Waals surface area contributed by atoms with Gasteiger partial charge in [-0.15, -0.1) is 0 Å². The fourth-order valence-electron chi connectivity index (χ4n) is 0.792. The molecular weight excluding hydrogens is 144 g/mol. The molecule has 0 atom stereocenters. The highest BCUT2D eigenvalue weighted by Gasteiger charge is 2.02. The molecule has 1 radical (unpaired) electrons. The molecule has 0 saturated heterocycles. The summed E-state index contributed by atoms with van der Waals surface area (Å²) >= 11 is 0. The van der Waals surface area contributed by atoms with Crippen LogP contribution >= 0.6 is 0 Å². The van der Waals surface area contributed by atoms with Gasteiger partial charge in [0.15, 0.2) is 0 Å². The van der Waals surface area contributed by atoms with Gasteiger partial charge >= 0.3 is 5.97 Å². The second-order valence-electron chi connectivity index (χ2n) is 2.12. The minimum Gasteiger partial charge on any atom is -0.266 e. The van der Waals surface area contributed by atoms with E-state index >= 15 is 0 Å². The standard InChI is InChI=1S/C8H7O3/c9-8(11-10)6-7-4-2-1-3-5-7/h1-5H,6H2. The van der Waals surface area contributed by atoms with Gasteiger partial charge in [0.2, 0.25) is 0 Å². The van der Waals surface area contributed by atoms with Gasteiger partial charge in [0, 0.05) is 5.26 Å². The molecule has 0 N–H and O–H groups in total. The van der Waals surface area contributed by atoms with Crippen LogP contribution in [0.25, 0.3) is 0 Å². The Morgan fingerprint density at radius 3 is 2.45 bits per heavy atom. The van der Waals surface area contributed by atoms with Crippen molar-refractivity contribution >= 4 is 5.97 Å². The van der Waals surface area contributed by atoms with Crippen molar-refractivity contribution in [2.75, 3.05) is 0 Å². The average Bonchev–Trinajstić information content (AvgIpc) is 2.06. The van der Waals surface area contributed by atoms with E-state index in [0.29, 0.717) is 0 Å². The predicted octanol–water partition coefficient (Wildman–Crippen LogP) is 1.12. The quantitative estimate of drug-likeness (QED) is 0.469. The van der Waals surface area contributed by atoms with E-state index in [2.05, 4.69) is 4.89 Å². The molecule has 3 heteroatoms. The molecule has 0 heterocycles. The maximum absolute atomic E-state index is 10.4. The van der Waals surface area contributed by atoms with Crippen LogP contribution < -0.4 is 0 Å². The molecule has 1 aromatic carbocycles. The zero-order valence-corrected chi connectivity index (χ0v) is 5.82. The van der Waals surface area contributed by atoms with Crippen LogP contribution in [0, 0.1) is 0 Å². The van der Waals surface area contributed by atoms with E-state index in [0.717, 1.165) is 5.56 Å². The van der Waals surface area contributed by atoms with Gasteiger partial charge in [0.1, 0.15) is 0 Å². The zero-order chi connectivity index (χ0) is 8.10. The van der Waals surface area contributed by atoms with Crippen LogP contribution in [-0.4, -0.2) is 5.97 Å². The van der Waals surface area contributed by atoms with Crippen molar-refractivity contribution in [3.63, 3.8) is 0 Å². The molecule has 0 aliphatic carbocycles. The van der Waals surface area contributed by atoms with Crippen molar-refractivity contribution in [2.45, 2.75) is 6.42 Å². The van der Waals surface area contributed by atoms with Crippen LogP contribution in [0.1, 0.15) is 5.56 Å². The number of rotatable bonds is 2. The highest BCUT2D eigenvalue weighted by Crippen LogP contribution is 1.99. The van der Waals surface area contributed by atoms with E-state index in [1.807, 2.05) is 6.07 Å². The van der Waals surface area contributed by atoms with E-state index in [-0.39, 0.29) is 6.42 Å². The van der Waals surface area contributed by atoms with E-state index in [1.165, 1.54) is 0 Å². The molecule has 0 spiro atoms. The number of carbonyl (C=O) groups is 1. The number of carbonyl (C=O) groups excluding carboxylic acids is 1. The summed E-state index contributed by atoms with van der Waals surface area (Å²) in [5, 5.41) is 9.58. The molecule has 0 amide bonds. The molecule has 11 heavy (non-hydrogen) atoms. The first-order valence-corrected chi connectivity index (χ1v) is 3.19. The first-order valence-electron chi connectivity index (χ1n) is 3.19. The average molecular weight is 151 g/mol. The van der Waals surface area contributed by atoms with Crippen LogP contribution in [-0.2, 0) is 21.4 Å². The van der Waals surface area contributed by atoms with Crippen LogP contribution in [0.4, 0.5) is 0 Å². The molecule has 0 saturated carbocycles. The minimum absolute atomic E-state index is 0.0460. The van der Waals surface area contributed by atoms with Gasteiger partial charge in [0.25, 0.3) is 0 Å². The Balaban J connectivity index is 2.58. The molecule has 0 bridgehead atoms. The smallest absolute Gasteiger partial charge is 0.266 e. The molecule has 3 nitrogen and oxygen atoms in total. The first-order chi connectivity index (χ1) is 5.33. The van der Waals surface area contributed by atoms with E-state index in [4.69, 9.17) is 0 Å². The largest absolute Gasteiger partial charge is 0.350 e. The fraction of sp³-hybridized carbons (Fsp3) is 0.125. The van der Waals surface area contributed by atoms with E-state index in [9.17, 15) is 10.1 Å². The molecule has 1 aromatic rings. The first kappa shape index (κ1) is 7.75. The van der Waals surface area contributed by atoms with Crippen molar-refractivity contribution in [3.8, 4) is 0 Å². The Hall–Kier alpha value is -1.35. The molecule has 1 rings (SSSR count). The molecule has 0 aliphatic rings. The van der Waals surface area contributed by atoms with Gasteiger partial charge in [-0.2, -0.15) is 0 Å².